The van der Waals surface area contributed by atoms with Gasteiger partial charge in [0.1, 0.15) is 86.7 Å². The van der Waals surface area contributed by atoms with Crippen molar-refractivity contribution in [3.8, 4) is 17.2 Å². The highest BCUT2D eigenvalue weighted by Crippen LogP contribution is 2.32. The molecular formula is C70H91ClF3N13O12. The molecule has 10 rings (SSSR count). The summed E-state index contributed by atoms with van der Waals surface area (Å²) >= 11 is 5.41. The van der Waals surface area contributed by atoms with E-state index in [1.807, 2.05) is 55.4 Å². The van der Waals surface area contributed by atoms with Gasteiger partial charge < -0.3 is 54.8 Å². The number of hydrogen-bond acceptors (Lipinski definition) is 21. The molecule has 0 aliphatic carbocycles. The van der Waals surface area contributed by atoms with Crippen LogP contribution in [0.5, 0.6) is 17.2 Å². The molecular weight excluding hydrogens is 1310 g/mol. The van der Waals surface area contributed by atoms with Crippen LogP contribution in [0.2, 0.25) is 0 Å². The highest BCUT2D eigenvalue weighted by Gasteiger charge is 2.23. The van der Waals surface area contributed by atoms with Crippen LogP contribution >= 0.6 is 11.6 Å². The molecule has 1 amide bonds. The molecule has 2 bridgehead atoms. The van der Waals surface area contributed by atoms with E-state index in [4.69, 9.17) is 40.0 Å². The van der Waals surface area contributed by atoms with E-state index in [0.29, 0.717) is 99.8 Å². The van der Waals surface area contributed by atoms with Crippen LogP contribution < -0.4 is 30.7 Å². The summed E-state index contributed by atoms with van der Waals surface area (Å²) in [5, 5.41) is 34.5. The normalized spacial score (nSPS) is 13.1. The molecule has 1 aliphatic rings. The van der Waals surface area contributed by atoms with Crippen LogP contribution in [0.3, 0.4) is 0 Å². The highest BCUT2D eigenvalue weighted by atomic mass is 35.5. The van der Waals surface area contributed by atoms with Crippen molar-refractivity contribution in [2.45, 2.75) is 153 Å². The quantitative estimate of drug-likeness (QED) is 0.0231. The number of hydrogen-bond donors (Lipinski definition) is 5. The summed E-state index contributed by atoms with van der Waals surface area (Å²) in [5.41, 5.74) is 2.81. The lowest BCUT2D eigenvalue weighted by Gasteiger charge is -2.20. The Morgan fingerprint density at radius 2 is 1.17 bits per heavy atom. The van der Waals surface area contributed by atoms with E-state index in [0.717, 1.165) is 0 Å². The Labute approximate surface area is 579 Å². The number of alkyl halides is 1. The number of carbonyl (C=O) groups excluding carboxylic acids is 5. The number of nitrogens with one attached hydrogen (secondary N) is 4. The van der Waals surface area contributed by atoms with Gasteiger partial charge in [-0.25, -0.2) is 51.3 Å². The van der Waals surface area contributed by atoms with Gasteiger partial charge in [0.05, 0.1) is 63.1 Å². The summed E-state index contributed by atoms with van der Waals surface area (Å²) in [5.74, 6) is 0.122. The van der Waals surface area contributed by atoms with E-state index < -0.39 is 35.2 Å². The molecule has 0 fully saturated rings. The molecule has 0 saturated carbocycles. The van der Waals surface area contributed by atoms with Crippen LogP contribution in [-0.2, 0) is 28.5 Å². The number of esters is 4. The molecule has 25 nitrogen and oxygen atoms in total. The smallest absolute Gasteiger partial charge is 0.343 e. The Hall–Kier alpha value is -10.3. The average Bonchev–Trinajstić information content (AvgIpc) is 1.64. The van der Waals surface area contributed by atoms with E-state index in [2.05, 4.69) is 51.5 Å². The summed E-state index contributed by atoms with van der Waals surface area (Å²) in [7, 11) is 0. The first-order valence-corrected chi connectivity index (χ1v) is 31.4. The molecule has 0 spiro atoms. The fourth-order valence-corrected chi connectivity index (χ4v) is 9.41. The maximum absolute atomic E-state index is 14.1. The molecule has 1 aliphatic heterocycles. The van der Waals surface area contributed by atoms with E-state index >= 15 is 0 Å². The topological polar surface area (TPSA) is 300 Å². The van der Waals surface area contributed by atoms with E-state index in [1.54, 1.807) is 69.7 Å². The lowest BCUT2D eigenvalue weighted by atomic mass is 10.1. The lowest BCUT2D eigenvalue weighted by molar-refractivity contribution is -0.156. The van der Waals surface area contributed by atoms with Crippen molar-refractivity contribution < 1.29 is 70.7 Å². The van der Waals surface area contributed by atoms with Crippen LogP contribution in [0.15, 0.2) is 110 Å². The zero-order valence-corrected chi connectivity index (χ0v) is 55.9. The van der Waals surface area contributed by atoms with Crippen molar-refractivity contribution in [1.82, 2.24) is 49.1 Å². The molecule has 6 aromatic heterocycles. The Balaban J connectivity index is 0.000000293. The predicted molar refractivity (Wildman–Crippen MR) is 372 cm³/mol. The molecule has 29 heteroatoms. The summed E-state index contributed by atoms with van der Waals surface area (Å²) in [6.45, 7) is 21.3. The van der Waals surface area contributed by atoms with E-state index in [1.165, 1.54) is 74.6 Å². The molecule has 99 heavy (non-hydrogen) atoms. The SMILES string of the molecule is C.C.C.CC(C)(C)OC(=O)CCCCl.CCOC(=O)c1cnn2ccc(N[C@H](C)c3cc(F)ccc3O)nc12.CCOC(=O)c1cnn2ccc(N[C@H](C)c3cc(F)ccc3OCCCC(=O)OC(C)(C)C)nc12.C[C@H]1Nc2ccn3ncc(c3n2)C(=O)NCCOc2ccc(F)cc21. The van der Waals surface area contributed by atoms with Crippen LogP contribution in [0.25, 0.3) is 16.9 Å². The summed E-state index contributed by atoms with van der Waals surface area (Å²) < 4.78 is 77.6. The fraction of sp³-hybridized carbons (Fsp3) is 0.414. The van der Waals surface area contributed by atoms with Crippen molar-refractivity contribution in [2.24, 2.45) is 0 Å². The van der Waals surface area contributed by atoms with Crippen LogP contribution in [0.1, 0.15) is 190 Å². The Kier molecular flexibility index (Phi) is 30.7. The molecule has 7 heterocycles. The first-order valence-electron chi connectivity index (χ1n) is 30.9. The van der Waals surface area contributed by atoms with Crippen molar-refractivity contribution in [3.05, 3.63) is 161 Å². The number of nitrogens with zero attached hydrogens (tertiary/aromatic N) is 9. The number of anilines is 3. The molecule has 9 aromatic rings. The second-order valence-corrected chi connectivity index (χ2v) is 23.9. The number of phenolic OH excluding ortho intramolecular Hbond substituents is 1. The Morgan fingerprint density at radius 1 is 0.677 bits per heavy atom. The highest BCUT2D eigenvalue weighted by molar-refractivity contribution is 6.17. The van der Waals surface area contributed by atoms with Crippen LogP contribution in [-0.4, -0.2) is 129 Å². The van der Waals surface area contributed by atoms with Gasteiger partial charge in [0.15, 0.2) is 16.9 Å². The van der Waals surface area contributed by atoms with Gasteiger partial charge in [-0.15, -0.1) is 11.6 Å². The lowest BCUT2D eigenvalue weighted by Crippen LogP contribution is -2.28. The third-order valence-electron chi connectivity index (χ3n) is 13.6. The van der Waals surface area contributed by atoms with Gasteiger partial charge >= 0.3 is 23.9 Å². The van der Waals surface area contributed by atoms with Gasteiger partial charge in [0.25, 0.3) is 5.91 Å². The monoisotopic (exact) mass is 1400 g/mol. The average molecular weight is 1400 g/mol. The zero-order chi connectivity index (χ0) is 69.9. The van der Waals surface area contributed by atoms with Gasteiger partial charge in [0.2, 0.25) is 0 Å². The number of rotatable bonds is 18. The Morgan fingerprint density at radius 3 is 1.73 bits per heavy atom. The first kappa shape index (κ1) is 81.2. The second kappa shape index (κ2) is 37.5. The number of carbonyl (C=O) groups is 5. The number of phenols is 1. The van der Waals surface area contributed by atoms with Gasteiger partial charge in [0, 0.05) is 54.0 Å². The van der Waals surface area contributed by atoms with Crippen molar-refractivity contribution in [3.63, 3.8) is 0 Å². The number of halogens is 4. The van der Waals surface area contributed by atoms with Gasteiger partial charge in [-0.3, -0.25) is 14.4 Å². The minimum atomic E-state index is -0.534. The predicted octanol–water partition coefficient (Wildman–Crippen LogP) is 14.1. The number of ether oxygens (including phenoxy) is 6. The number of aromatic hydroxyl groups is 1. The van der Waals surface area contributed by atoms with E-state index in [9.17, 15) is 42.3 Å². The summed E-state index contributed by atoms with van der Waals surface area (Å²) in [6, 6.07) is 16.5. The summed E-state index contributed by atoms with van der Waals surface area (Å²) in [4.78, 5) is 72.6. The number of fused-ring (bicyclic) bond motifs is 4. The van der Waals surface area contributed by atoms with E-state index in [-0.39, 0.29) is 113 Å². The largest absolute Gasteiger partial charge is 0.508 e. The van der Waals surface area contributed by atoms with Gasteiger partial charge in [-0.05, 0) is 162 Å². The minimum Gasteiger partial charge on any atom is -0.508 e. The number of benzene rings is 3. The maximum atomic E-state index is 14.1. The zero-order valence-electron chi connectivity index (χ0n) is 55.2. The van der Waals surface area contributed by atoms with Crippen LogP contribution in [0.4, 0.5) is 30.6 Å². The third-order valence-corrected chi connectivity index (χ3v) is 13.8. The van der Waals surface area contributed by atoms with Crippen LogP contribution in [0, 0.1) is 17.5 Å². The third kappa shape index (κ3) is 23.8. The maximum Gasteiger partial charge on any atom is 0.343 e. The van der Waals surface area contributed by atoms with Crippen molar-refractivity contribution in [2.75, 3.05) is 54.8 Å². The van der Waals surface area contributed by atoms with Gasteiger partial charge in [-0.1, -0.05) is 22.3 Å². The second-order valence-electron chi connectivity index (χ2n) is 23.5. The van der Waals surface area contributed by atoms with Gasteiger partial charge in [-0.2, -0.15) is 15.3 Å². The first-order chi connectivity index (χ1) is 45.6. The van der Waals surface area contributed by atoms with Crippen molar-refractivity contribution >= 4 is 75.8 Å². The van der Waals surface area contributed by atoms with Crippen molar-refractivity contribution in [1.29, 1.82) is 0 Å². The Bertz CT molecular complexity index is 4160. The molecule has 0 radical (unpaired) electrons. The molecule has 3 aromatic carbocycles. The standard InChI is InChI=1S/C25H31FN4O5.C17H16FN5O2.C17H17FN4O3.C8H15ClO2.3CH4/c1-6-33-24(32)19-15-27-30-12-11-21(29-23(19)30)28-16(2)18-14-17(26)9-10-20(18)34-13-7-8-22(31)35-25(3,4)5;1-10-12-8-11(18)2-3-14(12)25-7-5-19-17(24)13-9-20-23-6-4-15(21-10)22-16(13)23;1-3-25-17(24)13-9-19-22-7-6-15(21-16(13)22)20-10(2)12-8-11(18)4-5-14(12)23;1-8(2,3)11-7(10)5-4-6-9;;;/h9-12,14-16H,6-8,13H2,1-5H3,(H,28,29);2-4,6,8-10H,5,7H2,1H3,(H,19,24)(H,21,22);4-10,23H,3H2,1-2H3,(H,20,21);4-6H2,1-3H3;3*1H4/t16-;2*10-;;;;/m111..../s1. The molecule has 0 unspecified atom stereocenters. The number of amides is 1. The molecule has 0 saturated heterocycles. The minimum absolute atomic E-state index is 0. The molecule has 3 atom stereocenters. The molecule has 5 N–H and O–H groups in total. The fourth-order valence-electron chi connectivity index (χ4n) is 9.28. The molecule has 536 valence electrons. The number of aromatic nitrogens is 9. The summed E-state index contributed by atoms with van der Waals surface area (Å²) in [6.07, 6.45) is 11.1.